The van der Waals surface area contributed by atoms with Crippen LogP contribution in [0.1, 0.15) is 16.7 Å². The number of aliphatic hydroxyl groups excluding tert-OH is 1. The highest BCUT2D eigenvalue weighted by Crippen LogP contribution is 2.14. The van der Waals surface area contributed by atoms with Crippen molar-refractivity contribution >= 4 is 0 Å². The minimum absolute atomic E-state index is 0.0340. The normalized spacial score (nSPS) is 10.2. The third kappa shape index (κ3) is 2.35. The lowest BCUT2D eigenvalue weighted by Gasteiger charge is -2.05. The largest absolute Gasteiger partial charge is 0.392 e. The smallest absolute Gasteiger partial charge is 0.145 e. The molecule has 1 aromatic heterocycles. The first kappa shape index (κ1) is 11.4. The average Bonchev–Trinajstić information content (AvgIpc) is 2.79. The van der Waals surface area contributed by atoms with Gasteiger partial charge in [-0.1, -0.05) is 12.1 Å². The fraction of sp³-hybridized carbons (Fsp3) is 0.154. The van der Waals surface area contributed by atoms with Crippen LogP contribution in [-0.4, -0.2) is 9.67 Å². The number of halogens is 1. The van der Waals surface area contributed by atoms with Gasteiger partial charge in [0, 0.05) is 24.5 Å². The zero-order chi connectivity index (χ0) is 12.3. The molecule has 0 saturated carbocycles. The van der Waals surface area contributed by atoms with Gasteiger partial charge in [0.1, 0.15) is 11.9 Å². The Morgan fingerprint density at radius 1 is 1.35 bits per heavy atom. The van der Waals surface area contributed by atoms with Crippen LogP contribution < -0.4 is 0 Å². The lowest BCUT2D eigenvalue weighted by atomic mass is 10.1. The van der Waals surface area contributed by atoms with Crippen molar-refractivity contribution in [3.8, 4) is 6.07 Å². The van der Waals surface area contributed by atoms with E-state index in [4.69, 9.17) is 10.4 Å². The van der Waals surface area contributed by atoms with Crippen LogP contribution in [0, 0.1) is 17.1 Å². The quantitative estimate of drug-likeness (QED) is 0.877. The molecule has 0 spiro atoms. The van der Waals surface area contributed by atoms with Gasteiger partial charge in [-0.05, 0) is 17.7 Å². The van der Waals surface area contributed by atoms with E-state index < -0.39 is 5.82 Å². The Morgan fingerprint density at radius 2 is 2.18 bits per heavy atom. The number of nitrogens with zero attached hydrogens (tertiary/aromatic N) is 2. The molecule has 0 fully saturated rings. The van der Waals surface area contributed by atoms with E-state index in [-0.39, 0.29) is 12.2 Å². The van der Waals surface area contributed by atoms with E-state index in [1.165, 1.54) is 6.07 Å². The first-order valence-electron chi connectivity index (χ1n) is 5.17. The van der Waals surface area contributed by atoms with Crippen LogP contribution in [0.15, 0.2) is 36.7 Å². The standard InChI is InChI=1S/C13H11FN2O/c14-13-11(6-15)2-1-3-12(13)8-16-5-4-10(7-16)9-17/h1-5,7,17H,8-9H2. The number of hydrogen-bond acceptors (Lipinski definition) is 2. The third-order valence-electron chi connectivity index (χ3n) is 2.55. The summed E-state index contributed by atoms with van der Waals surface area (Å²) in [6.45, 7) is 0.315. The third-order valence-corrected chi connectivity index (χ3v) is 2.55. The fourth-order valence-corrected chi connectivity index (χ4v) is 1.67. The van der Waals surface area contributed by atoms with Crippen molar-refractivity contribution in [3.05, 3.63) is 59.2 Å². The van der Waals surface area contributed by atoms with Crippen LogP contribution in [0.5, 0.6) is 0 Å². The SMILES string of the molecule is N#Cc1cccc(Cn2ccc(CO)c2)c1F. The maximum atomic E-state index is 13.8. The molecule has 0 radical (unpaired) electrons. The van der Waals surface area contributed by atoms with E-state index in [9.17, 15) is 4.39 Å². The Hall–Kier alpha value is -2.12. The summed E-state index contributed by atoms with van der Waals surface area (Å²) in [7, 11) is 0. The van der Waals surface area contributed by atoms with Gasteiger partial charge >= 0.3 is 0 Å². The van der Waals surface area contributed by atoms with Crippen LogP contribution in [0.25, 0.3) is 0 Å². The summed E-state index contributed by atoms with van der Waals surface area (Å²) in [5.41, 5.74) is 1.29. The van der Waals surface area contributed by atoms with Crippen molar-refractivity contribution < 1.29 is 9.50 Å². The molecule has 2 aromatic rings. The summed E-state index contributed by atoms with van der Waals surface area (Å²) < 4.78 is 15.5. The van der Waals surface area contributed by atoms with Gasteiger partial charge in [-0.3, -0.25) is 0 Å². The maximum absolute atomic E-state index is 13.8. The second kappa shape index (κ2) is 4.81. The molecule has 4 heteroatoms. The van der Waals surface area contributed by atoms with Gasteiger partial charge in [-0.2, -0.15) is 5.26 Å². The maximum Gasteiger partial charge on any atom is 0.145 e. The van der Waals surface area contributed by atoms with Gasteiger partial charge in [0.05, 0.1) is 12.2 Å². The van der Waals surface area contributed by atoms with Gasteiger partial charge in [-0.15, -0.1) is 0 Å². The predicted molar refractivity (Wildman–Crippen MR) is 60.6 cm³/mol. The summed E-state index contributed by atoms with van der Waals surface area (Å²) in [5, 5.41) is 17.6. The molecule has 1 N–H and O–H groups in total. The first-order valence-corrected chi connectivity index (χ1v) is 5.17. The van der Waals surface area contributed by atoms with Crippen molar-refractivity contribution in [1.82, 2.24) is 4.57 Å². The second-order valence-corrected chi connectivity index (χ2v) is 3.74. The molecule has 0 bridgehead atoms. The van der Waals surface area contributed by atoms with Crippen LogP contribution in [0.3, 0.4) is 0 Å². The van der Waals surface area contributed by atoms with Gasteiger partial charge in [0.15, 0.2) is 0 Å². The highest BCUT2D eigenvalue weighted by molar-refractivity contribution is 5.35. The van der Waals surface area contributed by atoms with Crippen molar-refractivity contribution in [2.75, 3.05) is 0 Å². The zero-order valence-corrected chi connectivity index (χ0v) is 9.10. The summed E-state index contributed by atoms with van der Waals surface area (Å²) in [6.07, 6.45) is 3.52. The number of hydrogen-bond donors (Lipinski definition) is 1. The fourth-order valence-electron chi connectivity index (χ4n) is 1.67. The predicted octanol–water partition coefficient (Wildman–Crippen LogP) is 2.04. The van der Waals surface area contributed by atoms with E-state index in [0.29, 0.717) is 12.1 Å². The van der Waals surface area contributed by atoms with E-state index in [1.807, 2.05) is 6.07 Å². The summed E-state index contributed by atoms with van der Waals surface area (Å²) >= 11 is 0. The van der Waals surface area contributed by atoms with Gasteiger partial charge in [0.2, 0.25) is 0 Å². The molecule has 0 aliphatic heterocycles. The Balaban J connectivity index is 2.27. The Labute approximate surface area is 98.4 Å². The Bertz CT molecular complexity index is 569. The van der Waals surface area contributed by atoms with E-state index in [2.05, 4.69) is 0 Å². The summed E-state index contributed by atoms with van der Waals surface area (Å²) in [6, 6.07) is 8.34. The van der Waals surface area contributed by atoms with Crippen LogP contribution in [0.2, 0.25) is 0 Å². The molecule has 1 aromatic carbocycles. The molecular weight excluding hydrogens is 219 g/mol. The van der Waals surface area contributed by atoms with Gasteiger partial charge in [-0.25, -0.2) is 4.39 Å². The summed E-state index contributed by atoms with van der Waals surface area (Å²) in [5.74, 6) is -0.478. The molecule has 1 heterocycles. The molecule has 2 rings (SSSR count). The zero-order valence-electron chi connectivity index (χ0n) is 9.10. The minimum Gasteiger partial charge on any atom is -0.392 e. The molecule has 0 atom stereocenters. The van der Waals surface area contributed by atoms with E-state index in [0.717, 1.165) is 5.56 Å². The van der Waals surface area contributed by atoms with Crippen molar-refractivity contribution in [2.24, 2.45) is 0 Å². The topological polar surface area (TPSA) is 49.0 Å². The second-order valence-electron chi connectivity index (χ2n) is 3.74. The molecular formula is C13H11FN2O. The van der Waals surface area contributed by atoms with Crippen LogP contribution in [0.4, 0.5) is 4.39 Å². The first-order chi connectivity index (χ1) is 8.24. The van der Waals surface area contributed by atoms with Gasteiger partial charge in [0.25, 0.3) is 0 Å². The highest BCUT2D eigenvalue weighted by atomic mass is 19.1. The van der Waals surface area contributed by atoms with Crippen molar-refractivity contribution in [2.45, 2.75) is 13.2 Å². The highest BCUT2D eigenvalue weighted by Gasteiger charge is 2.07. The molecule has 0 aliphatic carbocycles. The number of nitriles is 1. The molecule has 17 heavy (non-hydrogen) atoms. The lowest BCUT2D eigenvalue weighted by molar-refractivity contribution is 0.282. The molecule has 0 amide bonds. The molecule has 3 nitrogen and oxygen atoms in total. The Kier molecular flexibility index (Phi) is 3.22. The van der Waals surface area contributed by atoms with Crippen LogP contribution in [-0.2, 0) is 13.2 Å². The minimum atomic E-state index is -0.478. The number of benzene rings is 1. The number of aliphatic hydroxyl groups is 1. The molecule has 86 valence electrons. The lowest BCUT2D eigenvalue weighted by Crippen LogP contribution is -2.01. The van der Waals surface area contributed by atoms with Crippen molar-refractivity contribution in [1.29, 1.82) is 5.26 Å². The van der Waals surface area contributed by atoms with Crippen LogP contribution >= 0.6 is 0 Å². The van der Waals surface area contributed by atoms with E-state index in [1.54, 1.807) is 35.2 Å². The number of rotatable bonds is 3. The molecule has 0 unspecified atom stereocenters. The monoisotopic (exact) mass is 230 g/mol. The van der Waals surface area contributed by atoms with Gasteiger partial charge < -0.3 is 9.67 Å². The Morgan fingerprint density at radius 3 is 2.82 bits per heavy atom. The van der Waals surface area contributed by atoms with Crippen molar-refractivity contribution in [3.63, 3.8) is 0 Å². The average molecular weight is 230 g/mol. The molecule has 0 aliphatic rings. The summed E-state index contributed by atoms with van der Waals surface area (Å²) in [4.78, 5) is 0. The number of aromatic nitrogens is 1. The molecule has 0 saturated heterocycles. The van der Waals surface area contributed by atoms with E-state index >= 15 is 0 Å².